The lowest BCUT2D eigenvalue weighted by molar-refractivity contribution is -0.385. The van der Waals surface area contributed by atoms with Crippen LogP contribution in [0.5, 0.6) is 5.75 Å². The molecule has 0 unspecified atom stereocenters. The molecule has 0 aliphatic carbocycles. The molecule has 1 fully saturated rings. The molecule has 0 atom stereocenters. The molecule has 2 aromatic carbocycles. The van der Waals surface area contributed by atoms with E-state index < -0.39 is 16.6 Å². The topological polar surface area (TPSA) is 116 Å². The second-order valence-corrected chi connectivity index (χ2v) is 6.48. The maximum absolute atomic E-state index is 12.6. The zero-order valence-electron chi connectivity index (χ0n) is 14.1. The van der Waals surface area contributed by atoms with Gasteiger partial charge < -0.3 is 15.3 Å². The smallest absolute Gasteiger partial charge is 0.269 e. The van der Waals surface area contributed by atoms with Crippen molar-refractivity contribution in [1.29, 1.82) is 0 Å². The number of nitrogens with one attached hydrogen (secondary N) is 1. The summed E-state index contributed by atoms with van der Waals surface area (Å²) in [5.41, 5.74) is 0.524. The molecule has 0 radical (unpaired) electrons. The number of anilines is 1. The Morgan fingerprint density at radius 2 is 2.04 bits per heavy atom. The van der Waals surface area contributed by atoms with Crippen molar-refractivity contribution in [1.82, 2.24) is 5.32 Å². The second kappa shape index (κ2) is 7.63. The summed E-state index contributed by atoms with van der Waals surface area (Å²) in [7, 11) is 0. The van der Waals surface area contributed by atoms with Crippen molar-refractivity contribution in [2.75, 3.05) is 11.4 Å². The molecule has 1 heterocycles. The molecule has 140 valence electrons. The molecular weight excluding hydrogens is 374 g/mol. The number of nitrogens with zero attached hydrogens (tertiary/aromatic N) is 2. The molecule has 0 spiro atoms. The van der Waals surface area contributed by atoms with Crippen molar-refractivity contribution in [2.24, 2.45) is 0 Å². The number of nitro groups is 1. The van der Waals surface area contributed by atoms with Crippen LogP contribution in [0.15, 0.2) is 36.4 Å². The highest BCUT2D eigenvalue weighted by molar-refractivity contribution is 6.31. The van der Waals surface area contributed by atoms with E-state index in [4.69, 9.17) is 11.6 Å². The van der Waals surface area contributed by atoms with Gasteiger partial charge in [0.05, 0.1) is 16.2 Å². The minimum Gasteiger partial charge on any atom is -0.872 e. The van der Waals surface area contributed by atoms with Gasteiger partial charge >= 0.3 is 0 Å². The van der Waals surface area contributed by atoms with Gasteiger partial charge in [0.25, 0.3) is 11.6 Å². The Morgan fingerprint density at radius 1 is 1.26 bits per heavy atom. The summed E-state index contributed by atoms with van der Waals surface area (Å²) in [6.45, 7) is 0.324. The van der Waals surface area contributed by atoms with Crippen LogP contribution >= 0.6 is 11.6 Å². The molecule has 2 aromatic rings. The van der Waals surface area contributed by atoms with Crippen LogP contribution in [-0.4, -0.2) is 23.3 Å². The molecular formula is C18H15ClN3O5-. The van der Waals surface area contributed by atoms with E-state index in [2.05, 4.69) is 5.32 Å². The van der Waals surface area contributed by atoms with E-state index in [-0.39, 0.29) is 29.3 Å². The fourth-order valence-electron chi connectivity index (χ4n) is 2.91. The number of benzene rings is 2. The third-order valence-electron chi connectivity index (χ3n) is 4.26. The van der Waals surface area contributed by atoms with Crippen LogP contribution < -0.4 is 15.3 Å². The van der Waals surface area contributed by atoms with Crippen LogP contribution in [0.3, 0.4) is 0 Å². The number of amides is 2. The molecule has 0 saturated carbocycles. The number of carbonyl (C=O) groups is 2. The zero-order valence-corrected chi connectivity index (χ0v) is 14.9. The third-order valence-corrected chi connectivity index (χ3v) is 4.50. The monoisotopic (exact) mass is 388 g/mol. The van der Waals surface area contributed by atoms with Gasteiger partial charge in [-0.1, -0.05) is 17.7 Å². The van der Waals surface area contributed by atoms with Gasteiger partial charge in [0, 0.05) is 36.7 Å². The maximum atomic E-state index is 12.6. The second-order valence-electron chi connectivity index (χ2n) is 6.04. The van der Waals surface area contributed by atoms with Crippen LogP contribution in [0.4, 0.5) is 11.4 Å². The normalized spacial score (nSPS) is 13.7. The predicted molar refractivity (Wildman–Crippen MR) is 96.8 cm³/mol. The summed E-state index contributed by atoms with van der Waals surface area (Å²) < 4.78 is 0. The van der Waals surface area contributed by atoms with Gasteiger partial charge in [-0.3, -0.25) is 19.7 Å². The summed E-state index contributed by atoms with van der Waals surface area (Å²) in [6.07, 6.45) is 1.10. The van der Waals surface area contributed by atoms with Crippen LogP contribution in [0.1, 0.15) is 28.8 Å². The lowest BCUT2D eigenvalue weighted by Gasteiger charge is -2.20. The van der Waals surface area contributed by atoms with Crippen molar-refractivity contribution < 1.29 is 19.6 Å². The number of nitro benzene ring substituents is 1. The average Bonchev–Trinajstić information content (AvgIpc) is 3.06. The molecule has 2 amide bonds. The highest BCUT2D eigenvalue weighted by Crippen LogP contribution is 2.29. The predicted octanol–water partition coefficient (Wildman–Crippen LogP) is 2.38. The van der Waals surface area contributed by atoms with Gasteiger partial charge in [-0.2, -0.15) is 0 Å². The molecule has 27 heavy (non-hydrogen) atoms. The first kappa shape index (κ1) is 18.7. The first-order chi connectivity index (χ1) is 12.9. The van der Waals surface area contributed by atoms with E-state index in [0.717, 1.165) is 18.2 Å². The van der Waals surface area contributed by atoms with Gasteiger partial charge in [0.15, 0.2) is 0 Å². The summed E-state index contributed by atoms with van der Waals surface area (Å²) in [4.78, 5) is 36.4. The van der Waals surface area contributed by atoms with E-state index in [0.29, 0.717) is 30.1 Å². The Labute approximate surface area is 159 Å². The van der Waals surface area contributed by atoms with Gasteiger partial charge in [-0.05, 0) is 30.2 Å². The molecule has 0 bridgehead atoms. The van der Waals surface area contributed by atoms with E-state index >= 15 is 0 Å². The number of rotatable bonds is 5. The summed E-state index contributed by atoms with van der Waals surface area (Å²) in [5.74, 6) is -1.01. The molecule has 1 N–H and O–H groups in total. The molecule has 1 saturated heterocycles. The fraction of sp³-hybridized carbons (Fsp3) is 0.222. The Bertz CT molecular complexity index is 931. The number of non-ortho nitro benzene ring substituents is 1. The first-order valence-electron chi connectivity index (χ1n) is 8.19. The van der Waals surface area contributed by atoms with Crippen molar-refractivity contribution in [3.05, 3.63) is 62.7 Å². The number of carbonyl (C=O) groups excluding carboxylic acids is 2. The molecule has 8 nitrogen and oxygen atoms in total. The number of halogens is 1. The van der Waals surface area contributed by atoms with Crippen molar-refractivity contribution in [3.8, 4) is 5.75 Å². The van der Waals surface area contributed by atoms with Crippen LogP contribution in [-0.2, 0) is 11.3 Å². The zero-order chi connectivity index (χ0) is 19.6. The molecule has 3 rings (SSSR count). The van der Waals surface area contributed by atoms with E-state index in [1.807, 2.05) is 0 Å². The van der Waals surface area contributed by atoms with Crippen LogP contribution in [0.2, 0.25) is 5.02 Å². The Morgan fingerprint density at radius 3 is 2.70 bits per heavy atom. The third kappa shape index (κ3) is 4.01. The van der Waals surface area contributed by atoms with Crippen LogP contribution in [0, 0.1) is 10.1 Å². The van der Waals surface area contributed by atoms with Crippen LogP contribution in [0.25, 0.3) is 0 Å². The Kier molecular flexibility index (Phi) is 5.27. The minimum atomic E-state index is -0.610. The molecule has 9 heteroatoms. The van der Waals surface area contributed by atoms with Gasteiger partial charge in [-0.15, -0.1) is 5.75 Å². The number of hydrogen-bond donors (Lipinski definition) is 1. The van der Waals surface area contributed by atoms with Crippen molar-refractivity contribution in [3.63, 3.8) is 0 Å². The lowest BCUT2D eigenvalue weighted by Crippen LogP contribution is -2.29. The minimum absolute atomic E-state index is 0.0909. The SMILES string of the molecule is O=C(NCc1cc([N+](=O)[O-])ccc1[O-])c1ccc(Cl)cc1N1CCCC1=O. The van der Waals surface area contributed by atoms with Crippen molar-refractivity contribution in [2.45, 2.75) is 19.4 Å². The molecule has 1 aliphatic heterocycles. The maximum Gasteiger partial charge on any atom is 0.269 e. The number of hydrogen-bond acceptors (Lipinski definition) is 5. The van der Waals surface area contributed by atoms with E-state index in [1.54, 1.807) is 6.07 Å². The highest BCUT2D eigenvalue weighted by atomic mass is 35.5. The van der Waals surface area contributed by atoms with Crippen molar-refractivity contribution >= 4 is 34.8 Å². The Balaban J connectivity index is 1.82. The first-order valence-corrected chi connectivity index (χ1v) is 8.57. The highest BCUT2D eigenvalue weighted by Gasteiger charge is 2.26. The molecule has 0 aromatic heterocycles. The van der Waals surface area contributed by atoms with E-state index in [1.165, 1.54) is 17.0 Å². The van der Waals surface area contributed by atoms with Gasteiger partial charge in [0.2, 0.25) is 5.91 Å². The summed E-state index contributed by atoms with van der Waals surface area (Å²) >= 11 is 6.01. The fourth-order valence-corrected chi connectivity index (χ4v) is 3.08. The largest absolute Gasteiger partial charge is 0.872 e. The van der Waals surface area contributed by atoms with Gasteiger partial charge in [0.1, 0.15) is 0 Å². The van der Waals surface area contributed by atoms with E-state index in [9.17, 15) is 24.8 Å². The quantitative estimate of drug-likeness (QED) is 0.623. The van der Waals surface area contributed by atoms with Gasteiger partial charge in [-0.25, -0.2) is 0 Å². The molecule has 1 aliphatic rings. The standard InChI is InChI=1S/C18H16ClN3O5/c19-12-3-5-14(15(9-12)21-7-1-2-17(21)24)18(25)20-10-11-8-13(22(26)27)4-6-16(11)23/h3-6,8-9,23H,1-2,7,10H2,(H,20,25)/p-1. The summed E-state index contributed by atoms with van der Waals surface area (Å²) in [5, 5.41) is 25.7. The average molecular weight is 389 g/mol. The Hall–Kier alpha value is -3.13. The lowest BCUT2D eigenvalue weighted by atomic mass is 10.1. The summed E-state index contributed by atoms with van der Waals surface area (Å²) in [6, 6.07) is 7.93.